The zero-order chi connectivity index (χ0) is 18.6. The predicted molar refractivity (Wildman–Crippen MR) is 95.3 cm³/mol. The summed E-state index contributed by atoms with van der Waals surface area (Å²) in [5, 5.41) is 6.67. The molecule has 138 valence electrons. The van der Waals surface area contributed by atoms with Crippen LogP contribution in [0.5, 0.6) is 11.5 Å². The minimum Gasteiger partial charge on any atom is -0.454 e. The van der Waals surface area contributed by atoms with Gasteiger partial charge in [-0.3, -0.25) is 4.79 Å². The molecule has 0 aliphatic carbocycles. The molecule has 0 saturated carbocycles. The number of carbonyl (C=O) groups is 1. The van der Waals surface area contributed by atoms with E-state index >= 15 is 0 Å². The van der Waals surface area contributed by atoms with Crippen LogP contribution in [0.3, 0.4) is 0 Å². The van der Waals surface area contributed by atoms with Gasteiger partial charge in [-0.2, -0.15) is 0 Å². The van der Waals surface area contributed by atoms with Crippen molar-refractivity contribution in [2.75, 3.05) is 18.7 Å². The highest BCUT2D eigenvalue weighted by atomic mass is 16.7. The summed E-state index contributed by atoms with van der Waals surface area (Å²) in [5.41, 5.74) is 2.29. The molecular formula is C19H17N3O5. The number of nitrogens with one attached hydrogen (secondary N) is 1. The zero-order valence-electron chi connectivity index (χ0n) is 14.6. The van der Waals surface area contributed by atoms with Crippen molar-refractivity contribution in [3.05, 3.63) is 53.9 Å². The van der Waals surface area contributed by atoms with Gasteiger partial charge in [0.1, 0.15) is 18.1 Å². The van der Waals surface area contributed by atoms with Gasteiger partial charge in [0.15, 0.2) is 17.3 Å². The molecule has 3 heterocycles. The molecule has 1 aliphatic heterocycles. The van der Waals surface area contributed by atoms with Crippen LogP contribution in [-0.4, -0.2) is 29.4 Å². The summed E-state index contributed by atoms with van der Waals surface area (Å²) in [6.45, 7) is 2.13. The molecule has 0 radical (unpaired) electrons. The van der Waals surface area contributed by atoms with Crippen molar-refractivity contribution in [1.82, 2.24) is 10.1 Å². The van der Waals surface area contributed by atoms with Crippen LogP contribution in [0.25, 0.3) is 11.3 Å². The molecule has 0 unspecified atom stereocenters. The molecule has 0 atom stereocenters. The second-order valence-electron chi connectivity index (χ2n) is 5.96. The number of fused-ring (bicyclic) bond motifs is 1. The Balaban J connectivity index is 1.31. The van der Waals surface area contributed by atoms with Crippen molar-refractivity contribution >= 4 is 11.7 Å². The molecule has 1 N–H and O–H groups in total. The first kappa shape index (κ1) is 17.0. The van der Waals surface area contributed by atoms with E-state index in [1.54, 1.807) is 12.3 Å². The van der Waals surface area contributed by atoms with E-state index in [2.05, 4.69) is 15.5 Å². The number of aromatic nitrogens is 2. The summed E-state index contributed by atoms with van der Waals surface area (Å²) in [6.07, 6.45) is 1.62. The van der Waals surface area contributed by atoms with Gasteiger partial charge < -0.3 is 24.1 Å². The largest absolute Gasteiger partial charge is 0.454 e. The number of aryl methyl sites for hydroxylation is 1. The minimum atomic E-state index is -0.281. The second-order valence-corrected chi connectivity index (χ2v) is 5.96. The van der Waals surface area contributed by atoms with Crippen LogP contribution >= 0.6 is 0 Å². The molecular weight excluding hydrogens is 350 g/mol. The number of benzene rings is 1. The summed E-state index contributed by atoms with van der Waals surface area (Å²) in [5.74, 6) is 2.20. The quantitative estimate of drug-likeness (QED) is 0.715. The van der Waals surface area contributed by atoms with Crippen LogP contribution in [0.15, 0.2) is 47.1 Å². The standard InChI is InChI=1S/C19H17N3O5/c1-12-3-2-6-20-19(12)21-18(23)10-24-9-14-8-16(27-22-14)13-4-5-15-17(7-13)26-11-25-15/h2-8H,9-11H2,1H3,(H,20,21,23). The Morgan fingerprint density at radius 3 is 3.00 bits per heavy atom. The summed E-state index contributed by atoms with van der Waals surface area (Å²) in [7, 11) is 0. The average molecular weight is 367 g/mol. The fourth-order valence-corrected chi connectivity index (χ4v) is 2.60. The number of hydrogen-bond donors (Lipinski definition) is 1. The highest BCUT2D eigenvalue weighted by molar-refractivity contribution is 5.91. The lowest BCUT2D eigenvalue weighted by atomic mass is 10.1. The van der Waals surface area contributed by atoms with Crippen LogP contribution < -0.4 is 14.8 Å². The maximum absolute atomic E-state index is 11.9. The normalized spacial score (nSPS) is 12.2. The molecule has 8 heteroatoms. The van der Waals surface area contributed by atoms with E-state index in [-0.39, 0.29) is 25.9 Å². The van der Waals surface area contributed by atoms with Gasteiger partial charge in [0, 0.05) is 17.8 Å². The van der Waals surface area contributed by atoms with Crippen molar-refractivity contribution < 1.29 is 23.5 Å². The number of anilines is 1. The fraction of sp³-hybridized carbons (Fsp3) is 0.211. The first-order valence-electron chi connectivity index (χ1n) is 8.34. The number of rotatable bonds is 6. The van der Waals surface area contributed by atoms with E-state index in [4.69, 9.17) is 18.7 Å². The smallest absolute Gasteiger partial charge is 0.251 e. The molecule has 0 fully saturated rings. The summed E-state index contributed by atoms with van der Waals surface area (Å²) in [6, 6.07) is 11.0. The topological polar surface area (TPSA) is 95.7 Å². The number of hydrogen-bond acceptors (Lipinski definition) is 7. The Morgan fingerprint density at radius 1 is 1.22 bits per heavy atom. The van der Waals surface area contributed by atoms with Gasteiger partial charge in [-0.05, 0) is 36.8 Å². The molecule has 2 aromatic heterocycles. The molecule has 1 aliphatic rings. The van der Waals surface area contributed by atoms with E-state index in [1.807, 2.05) is 37.3 Å². The molecule has 27 heavy (non-hydrogen) atoms. The minimum absolute atomic E-state index is 0.109. The number of pyridine rings is 1. The number of amides is 1. The van der Waals surface area contributed by atoms with Crippen LogP contribution in [0, 0.1) is 6.92 Å². The van der Waals surface area contributed by atoms with Crippen molar-refractivity contribution in [3.63, 3.8) is 0 Å². The highest BCUT2D eigenvalue weighted by Gasteiger charge is 2.16. The van der Waals surface area contributed by atoms with E-state index in [0.29, 0.717) is 28.8 Å². The molecule has 4 rings (SSSR count). The average Bonchev–Trinajstić information content (AvgIpc) is 3.32. The number of ether oxygens (including phenoxy) is 3. The van der Waals surface area contributed by atoms with Crippen LogP contribution in [0.2, 0.25) is 0 Å². The summed E-state index contributed by atoms with van der Waals surface area (Å²) < 4.78 is 21.4. The molecule has 1 amide bonds. The van der Waals surface area contributed by atoms with Gasteiger partial charge in [-0.25, -0.2) is 4.98 Å². The number of nitrogens with zero attached hydrogens (tertiary/aromatic N) is 2. The Kier molecular flexibility index (Phi) is 4.71. The SMILES string of the molecule is Cc1cccnc1NC(=O)COCc1cc(-c2ccc3c(c2)OCO3)on1. The third-order valence-corrected chi connectivity index (χ3v) is 3.97. The molecule has 1 aromatic carbocycles. The van der Waals surface area contributed by atoms with E-state index < -0.39 is 0 Å². The first-order chi connectivity index (χ1) is 13.2. The maximum Gasteiger partial charge on any atom is 0.251 e. The van der Waals surface area contributed by atoms with E-state index in [0.717, 1.165) is 11.1 Å². The van der Waals surface area contributed by atoms with Gasteiger partial charge in [-0.15, -0.1) is 0 Å². The van der Waals surface area contributed by atoms with Gasteiger partial charge >= 0.3 is 0 Å². The lowest BCUT2D eigenvalue weighted by Crippen LogP contribution is -2.19. The zero-order valence-corrected chi connectivity index (χ0v) is 14.6. The second kappa shape index (κ2) is 7.46. The van der Waals surface area contributed by atoms with Crippen molar-refractivity contribution in [2.24, 2.45) is 0 Å². The number of carbonyl (C=O) groups excluding carboxylic acids is 1. The fourth-order valence-electron chi connectivity index (χ4n) is 2.60. The Bertz CT molecular complexity index is 969. The Labute approximate surface area is 155 Å². The lowest BCUT2D eigenvalue weighted by Gasteiger charge is -2.06. The third-order valence-electron chi connectivity index (χ3n) is 3.97. The predicted octanol–water partition coefficient (Wildman–Crippen LogP) is 2.93. The third kappa shape index (κ3) is 3.90. The van der Waals surface area contributed by atoms with Crippen LogP contribution in [0.1, 0.15) is 11.3 Å². The van der Waals surface area contributed by atoms with Gasteiger partial charge in [0.05, 0.1) is 6.61 Å². The Hall–Kier alpha value is -3.39. The monoisotopic (exact) mass is 367 g/mol. The van der Waals surface area contributed by atoms with Gasteiger partial charge in [0.25, 0.3) is 5.91 Å². The lowest BCUT2D eigenvalue weighted by molar-refractivity contribution is -0.121. The first-order valence-corrected chi connectivity index (χ1v) is 8.34. The van der Waals surface area contributed by atoms with Crippen molar-refractivity contribution in [1.29, 1.82) is 0 Å². The van der Waals surface area contributed by atoms with Gasteiger partial charge in [-0.1, -0.05) is 11.2 Å². The van der Waals surface area contributed by atoms with Gasteiger partial charge in [0.2, 0.25) is 6.79 Å². The maximum atomic E-state index is 11.9. The van der Waals surface area contributed by atoms with E-state index in [1.165, 1.54) is 0 Å². The van der Waals surface area contributed by atoms with Crippen LogP contribution in [-0.2, 0) is 16.1 Å². The van der Waals surface area contributed by atoms with Crippen LogP contribution in [0.4, 0.5) is 5.82 Å². The molecule has 0 saturated heterocycles. The van der Waals surface area contributed by atoms with Crippen molar-refractivity contribution in [2.45, 2.75) is 13.5 Å². The summed E-state index contributed by atoms with van der Waals surface area (Å²) in [4.78, 5) is 16.1. The molecule has 3 aromatic rings. The molecule has 8 nitrogen and oxygen atoms in total. The van der Waals surface area contributed by atoms with Crippen molar-refractivity contribution in [3.8, 4) is 22.8 Å². The van der Waals surface area contributed by atoms with E-state index in [9.17, 15) is 4.79 Å². The highest BCUT2D eigenvalue weighted by Crippen LogP contribution is 2.36. The summed E-state index contributed by atoms with van der Waals surface area (Å²) >= 11 is 0. The molecule has 0 spiro atoms. The molecule has 0 bridgehead atoms. The Morgan fingerprint density at radius 2 is 2.11 bits per heavy atom.